The monoisotopic (exact) mass is 277 g/mol. The van der Waals surface area contributed by atoms with Crippen LogP contribution in [-0.4, -0.2) is 37.1 Å². The summed E-state index contributed by atoms with van der Waals surface area (Å²) in [6.45, 7) is 4.28. The lowest BCUT2D eigenvalue weighted by atomic mass is 9.77. The van der Waals surface area contributed by atoms with E-state index in [2.05, 4.69) is 13.8 Å². The van der Waals surface area contributed by atoms with Gasteiger partial charge in [0, 0.05) is 19.0 Å². The fourth-order valence-corrected chi connectivity index (χ4v) is 3.88. The van der Waals surface area contributed by atoms with Gasteiger partial charge in [0.05, 0.1) is 0 Å². The van der Waals surface area contributed by atoms with Crippen LogP contribution in [0.3, 0.4) is 0 Å². The highest BCUT2D eigenvalue weighted by Crippen LogP contribution is 2.35. The Balaban J connectivity index is 2.12. The number of carbonyl (C=O) groups is 1. The van der Waals surface area contributed by atoms with Gasteiger partial charge in [-0.25, -0.2) is 0 Å². The third-order valence-corrected chi connectivity index (χ3v) is 5.70. The summed E-state index contributed by atoms with van der Waals surface area (Å²) >= 11 is 0. The molecule has 18 heavy (non-hydrogen) atoms. The molecule has 4 atom stereocenters. The second kappa shape index (κ2) is 4.79. The van der Waals surface area contributed by atoms with Crippen LogP contribution in [0.5, 0.6) is 0 Å². The van der Waals surface area contributed by atoms with Crippen LogP contribution in [0, 0.1) is 11.8 Å². The minimum absolute atomic E-state index is 0.0272. The Kier molecular flexibility index (Phi) is 3.67. The highest BCUT2D eigenvalue weighted by Gasteiger charge is 2.43. The van der Waals surface area contributed by atoms with E-state index in [0.717, 1.165) is 19.3 Å². The number of amides is 1. The molecule has 0 aromatic heterocycles. The zero-order chi connectivity index (χ0) is 13.5. The van der Waals surface area contributed by atoms with Crippen molar-refractivity contribution in [3.8, 4) is 0 Å². The summed E-state index contributed by atoms with van der Waals surface area (Å²) in [7, 11) is -4.60. The van der Waals surface area contributed by atoms with Crippen LogP contribution in [0.15, 0.2) is 0 Å². The van der Waals surface area contributed by atoms with Crippen molar-refractivity contribution in [2.75, 3.05) is 6.54 Å². The van der Waals surface area contributed by atoms with Crippen molar-refractivity contribution in [2.24, 2.45) is 11.8 Å². The zero-order valence-corrected chi connectivity index (χ0v) is 11.6. The molecule has 2 rings (SSSR count). The van der Waals surface area contributed by atoms with Crippen molar-refractivity contribution >= 4 is 16.1 Å². The third kappa shape index (κ3) is 2.53. The van der Waals surface area contributed by atoms with Gasteiger partial charge in [0.1, 0.15) is 5.25 Å². The second-order valence-corrected chi connectivity index (χ2v) is 7.30. The lowest BCUT2D eigenvalue weighted by molar-refractivity contribution is -0.131. The van der Waals surface area contributed by atoms with Crippen LogP contribution in [0.25, 0.3) is 0 Å². The van der Waals surface area contributed by atoms with E-state index >= 15 is 0 Å². The molecule has 104 valence electrons. The Morgan fingerprint density at radius 2 is 1.94 bits per heavy atom. The summed E-state index contributed by atoms with van der Waals surface area (Å²) in [4.78, 5) is 13.5. The minimum Gasteiger partial charge on any atom is -0.338 e. The zero-order valence-electron chi connectivity index (χ0n) is 10.8. The fourth-order valence-electron chi connectivity index (χ4n) is 3.20. The largest absolute Gasteiger partial charge is 0.338 e. The van der Waals surface area contributed by atoms with Gasteiger partial charge in [-0.2, -0.15) is 8.42 Å². The van der Waals surface area contributed by atoms with Gasteiger partial charge in [-0.3, -0.25) is 4.79 Å². The SMILES string of the molecule is CC1CCCC(N2CC(S(=O)(=O)F)CC2=O)C1C. The molecule has 0 radical (unpaired) electrons. The number of hydrogen-bond acceptors (Lipinski definition) is 3. The Morgan fingerprint density at radius 1 is 1.28 bits per heavy atom. The Morgan fingerprint density at radius 3 is 2.50 bits per heavy atom. The van der Waals surface area contributed by atoms with E-state index < -0.39 is 15.5 Å². The van der Waals surface area contributed by atoms with E-state index in [4.69, 9.17) is 0 Å². The smallest absolute Gasteiger partial charge is 0.307 e. The summed E-state index contributed by atoms with van der Waals surface area (Å²) < 4.78 is 34.8. The summed E-state index contributed by atoms with van der Waals surface area (Å²) in [6.07, 6.45) is 2.89. The predicted octanol–water partition coefficient (Wildman–Crippen LogP) is 1.71. The lowest BCUT2D eigenvalue weighted by Crippen LogP contribution is -2.45. The molecular weight excluding hydrogens is 257 g/mol. The number of nitrogens with zero attached hydrogens (tertiary/aromatic N) is 1. The molecule has 6 heteroatoms. The highest BCUT2D eigenvalue weighted by molar-refractivity contribution is 7.87. The Hall–Kier alpha value is -0.650. The van der Waals surface area contributed by atoms with Crippen molar-refractivity contribution in [2.45, 2.75) is 50.8 Å². The summed E-state index contributed by atoms with van der Waals surface area (Å²) in [6, 6.07) is 0.0769. The molecule has 0 aromatic carbocycles. The van der Waals surface area contributed by atoms with Crippen LogP contribution < -0.4 is 0 Å². The second-order valence-electron chi connectivity index (χ2n) is 5.68. The van der Waals surface area contributed by atoms with Gasteiger partial charge in [0.2, 0.25) is 5.91 Å². The molecule has 4 unspecified atom stereocenters. The maximum absolute atomic E-state index is 13.0. The number of likely N-dealkylation sites (tertiary alicyclic amines) is 1. The molecule has 1 heterocycles. The van der Waals surface area contributed by atoms with Gasteiger partial charge >= 0.3 is 10.2 Å². The normalized spacial score (nSPS) is 38.2. The molecule has 1 aliphatic heterocycles. The minimum atomic E-state index is -4.60. The standard InChI is InChI=1S/C12H20FNO3S/c1-8-4-3-5-11(9(8)2)14-7-10(6-12(14)15)18(13,16)17/h8-11H,3-7H2,1-2H3. The molecule has 0 spiro atoms. The van der Waals surface area contributed by atoms with Gasteiger partial charge in [-0.15, -0.1) is 3.89 Å². The molecular formula is C12H20FNO3S. The van der Waals surface area contributed by atoms with Crippen LogP contribution >= 0.6 is 0 Å². The van der Waals surface area contributed by atoms with Crippen LogP contribution in [-0.2, 0) is 15.0 Å². The molecule has 0 N–H and O–H groups in total. The molecule has 1 aliphatic carbocycles. The van der Waals surface area contributed by atoms with Gasteiger partial charge < -0.3 is 4.90 Å². The van der Waals surface area contributed by atoms with Crippen molar-refractivity contribution in [1.82, 2.24) is 4.90 Å². The molecule has 1 saturated heterocycles. The van der Waals surface area contributed by atoms with Gasteiger partial charge in [0.25, 0.3) is 0 Å². The average Bonchev–Trinajstić information content (AvgIpc) is 2.64. The Bertz CT molecular complexity index is 437. The quantitative estimate of drug-likeness (QED) is 0.722. The molecule has 2 aliphatic rings. The number of rotatable bonds is 2. The average molecular weight is 277 g/mol. The van der Waals surface area contributed by atoms with E-state index in [0.29, 0.717) is 11.8 Å². The van der Waals surface area contributed by atoms with Crippen molar-refractivity contribution in [3.63, 3.8) is 0 Å². The molecule has 0 bridgehead atoms. The van der Waals surface area contributed by atoms with Gasteiger partial charge in [-0.05, 0) is 18.3 Å². The molecule has 0 aromatic rings. The van der Waals surface area contributed by atoms with Gasteiger partial charge in [0.15, 0.2) is 0 Å². The first-order chi connectivity index (χ1) is 8.30. The first-order valence-electron chi connectivity index (χ1n) is 6.53. The molecule has 1 saturated carbocycles. The first kappa shape index (κ1) is 13.8. The molecule has 1 amide bonds. The topological polar surface area (TPSA) is 54.5 Å². The third-order valence-electron chi connectivity index (χ3n) is 4.59. The van der Waals surface area contributed by atoms with Crippen LogP contribution in [0.2, 0.25) is 0 Å². The Labute approximate surface area is 108 Å². The predicted molar refractivity (Wildman–Crippen MR) is 66.1 cm³/mol. The maximum atomic E-state index is 13.0. The summed E-state index contributed by atoms with van der Waals surface area (Å²) in [5.41, 5.74) is 0. The van der Waals surface area contributed by atoms with Crippen molar-refractivity contribution in [1.29, 1.82) is 0 Å². The lowest BCUT2D eigenvalue weighted by Gasteiger charge is -2.39. The summed E-state index contributed by atoms with van der Waals surface area (Å²) in [5.74, 6) is 0.661. The number of carbonyl (C=O) groups excluding carboxylic acids is 1. The van der Waals surface area contributed by atoms with E-state index in [1.165, 1.54) is 0 Å². The van der Waals surface area contributed by atoms with Crippen molar-refractivity contribution < 1.29 is 17.1 Å². The van der Waals surface area contributed by atoms with Crippen LogP contribution in [0.4, 0.5) is 3.89 Å². The van der Waals surface area contributed by atoms with Crippen molar-refractivity contribution in [3.05, 3.63) is 0 Å². The van der Waals surface area contributed by atoms with Crippen LogP contribution in [0.1, 0.15) is 39.5 Å². The number of halogens is 1. The summed E-state index contributed by atoms with van der Waals surface area (Å²) in [5, 5.41) is -1.16. The van der Waals surface area contributed by atoms with Gasteiger partial charge in [-0.1, -0.05) is 26.7 Å². The fraction of sp³-hybridized carbons (Fsp3) is 0.917. The van der Waals surface area contributed by atoms with E-state index in [1.54, 1.807) is 4.90 Å². The maximum Gasteiger partial charge on any atom is 0.307 e. The number of hydrogen-bond donors (Lipinski definition) is 0. The molecule has 4 nitrogen and oxygen atoms in total. The van der Waals surface area contributed by atoms with E-state index in [-0.39, 0.29) is 24.9 Å². The molecule has 2 fully saturated rings. The van der Waals surface area contributed by atoms with E-state index in [9.17, 15) is 17.1 Å². The first-order valence-corrected chi connectivity index (χ1v) is 7.98. The highest BCUT2D eigenvalue weighted by atomic mass is 32.3. The van der Waals surface area contributed by atoms with E-state index in [1.807, 2.05) is 0 Å².